The summed E-state index contributed by atoms with van der Waals surface area (Å²) in [6.45, 7) is 0.351. The third kappa shape index (κ3) is 3.14. The molecule has 0 aliphatic carbocycles. The molecule has 0 aliphatic heterocycles. The van der Waals surface area contributed by atoms with Gasteiger partial charge in [0.2, 0.25) is 0 Å². The SMILES string of the molecule is Nc1cccc(OCCc2c(F)cccc2Cl)c1. The minimum atomic E-state index is -0.307. The van der Waals surface area contributed by atoms with Gasteiger partial charge in [-0.2, -0.15) is 0 Å². The van der Waals surface area contributed by atoms with Crippen LogP contribution in [0.1, 0.15) is 5.56 Å². The Hall–Kier alpha value is -1.74. The summed E-state index contributed by atoms with van der Waals surface area (Å²) < 4.78 is 19.0. The molecule has 0 aromatic heterocycles. The fraction of sp³-hybridized carbons (Fsp3) is 0.143. The lowest BCUT2D eigenvalue weighted by Gasteiger charge is -2.08. The van der Waals surface area contributed by atoms with E-state index in [2.05, 4.69) is 0 Å². The van der Waals surface area contributed by atoms with Crippen molar-refractivity contribution in [3.05, 3.63) is 58.9 Å². The number of anilines is 1. The van der Waals surface area contributed by atoms with Crippen LogP contribution in [0.25, 0.3) is 0 Å². The number of benzene rings is 2. The highest BCUT2D eigenvalue weighted by Gasteiger charge is 2.06. The first-order valence-corrected chi connectivity index (χ1v) is 5.96. The Morgan fingerprint density at radius 3 is 2.67 bits per heavy atom. The van der Waals surface area contributed by atoms with Gasteiger partial charge in [-0.05, 0) is 24.3 Å². The molecule has 0 amide bonds. The molecule has 2 aromatic carbocycles. The largest absolute Gasteiger partial charge is 0.493 e. The standard InChI is InChI=1S/C14H13ClFNO/c15-13-5-2-6-14(16)12(13)7-8-18-11-4-1-3-10(17)9-11/h1-6,9H,7-8,17H2. The third-order valence-corrected chi connectivity index (χ3v) is 2.89. The van der Waals surface area contributed by atoms with Crippen LogP contribution in [0.2, 0.25) is 5.02 Å². The van der Waals surface area contributed by atoms with Crippen LogP contribution in [0.3, 0.4) is 0 Å². The van der Waals surface area contributed by atoms with Crippen LogP contribution in [0, 0.1) is 5.82 Å². The lowest BCUT2D eigenvalue weighted by molar-refractivity contribution is 0.320. The smallest absolute Gasteiger partial charge is 0.128 e. The van der Waals surface area contributed by atoms with Crippen LogP contribution in [0.5, 0.6) is 5.75 Å². The van der Waals surface area contributed by atoms with Crippen LogP contribution in [-0.2, 0) is 6.42 Å². The Morgan fingerprint density at radius 1 is 1.17 bits per heavy atom. The minimum absolute atomic E-state index is 0.307. The van der Waals surface area contributed by atoms with Crippen LogP contribution in [0.15, 0.2) is 42.5 Å². The maximum absolute atomic E-state index is 13.5. The van der Waals surface area contributed by atoms with E-state index in [1.54, 1.807) is 36.4 Å². The number of ether oxygens (including phenoxy) is 1. The monoisotopic (exact) mass is 265 g/mol. The van der Waals surface area contributed by atoms with Crippen molar-refractivity contribution in [2.75, 3.05) is 12.3 Å². The number of nitrogens with two attached hydrogens (primary N) is 1. The first-order chi connectivity index (χ1) is 8.66. The number of nitrogen functional groups attached to an aromatic ring is 1. The summed E-state index contributed by atoms with van der Waals surface area (Å²) >= 11 is 5.92. The number of hydrogen-bond donors (Lipinski definition) is 1. The van der Waals surface area contributed by atoms with E-state index in [4.69, 9.17) is 22.1 Å². The summed E-state index contributed by atoms with van der Waals surface area (Å²) in [6.07, 6.45) is 0.417. The molecule has 4 heteroatoms. The molecule has 94 valence electrons. The van der Waals surface area contributed by atoms with E-state index in [0.717, 1.165) is 0 Å². The molecule has 0 bridgehead atoms. The minimum Gasteiger partial charge on any atom is -0.493 e. The molecule has 0 atom stereocenters. The second kappa shape index (κ2) is 5.74. The summed E-state index contributed by atoms with van der Waals surface area (Å²) in [6, 6.07) is 11.8. The van der Waals surface area contributed by atoms with E-state index >= 15 is 0 Å². The lowest BCUT2D eigenvalue weighted by Crippen LogP contribution is -2.04. The highest BCUT2D eigenvalue weighted by molar-refractivity contribution is 6.31. The fourth-order valence-corrected chi connectivity index (χ4v) is 1.90. The fourth-order valence-electron chi connectivity index (χ4n) is 1.65. The van der Waals surface area contributed by atoms with E-state index < -0.39 is 0 Å². The van der Waals surface area contributed by atoms with Crippen molar-refractivity contribution in [2.24, 2.45) is 0 Å². The van der Waals surface area contributed by atoms with Crippen molar-refractivity contribution in [3.63, 3.8) is 0 Å². The van der Waals surface area contributed by atoms with Gasteiger partial charge in [0, 0.05) is 28.8 Å². The Labute approximate surface area is 110 Å². The van der Waals surface area contributed by atoms with E-state index in [1.165, 1.54) is 6.07 Å². The summed E-state index contributed by atoms with van der Waals surface area (Å²) in [4.78, 5) is 0. The molecule has 2 nitrogen and oxygen atoms in total. The molecule has 2 rings (SSSR count). The average Bonchev–Trinajstić information content (AvgIpc) is 2.33. The Balaban J connectivity index is 1.97. The van der Waals surface area contributed by atoms with Crippen molar-refractivity contribution in [2.45, 2.75) is 6.42 Å². The summed E-state index contributed by atoms with van der Waals surface area (Å²) in [5.74, 6) is 0.362. The molecule has 0 saturated carbocycles. The molecule has 0 saturated heterocycles. The summed E-state index contributed by atoms with van der Waals surface area (Å²) in [7, 11) is 0. The predicted molar refractivity (Wildman–Crippen MR) is 71.5 cm³/mol. The summed E-state index contributed by atoms with van der Waals surface area (Å²) in [5.41, 5.74) is 6.74. The van der Waals surface area contributed by atoms with Crippen molar-refractivity contribution >= 4 is 17.3 Å². The topological polar surface area (TPSA) is 35.2 Å². The van der Waals surface area contributed by atoms with Crippen molar-refractivity contribution in [3.8, 4) is 5.75 Å². The van der Waals surface area contributed by atoms with Gasteiger partial charge >= 0.3 is 0 Å². The lowest BCUT2D eigenvalue weighted by atomic mass is 10.1. The number of hydrogen-bond acceptors (Lipinski definition) is 2. The van der Waals surface area contributed by atoms with Gasteiger partial charge in [0.25, 0.3) is 0 Å². The first-order valence-electron chi connectivity index (χ1n) is 5.58. The first kappa shape index (κ1) is 12.7. The molecule has 0 heterocycles. The molecule has 0 unspecified atom stereocenters. The molecular formula is C14H13ClFNO. The number of rotatable bonds is 4. The van der Waals surface area contributed by atoms with Gasteiger partial charge in [0.05, 0.1) is 6.61 Å². The Morgan fingerprint density at radius 2 is 1.94 bits per heavy atom. The summed E-state index contributed by atoms with van der Waals surface area (Å²) in [5, 5.41) is 0.422. The van der Waals surface area contributed by atoms with Crippen LogP contribution in [-0.4, -0.2) is 6.61 Å². The zero-order valence-electron chi connectivity index (χ0n) is 9.70. The zero-order chi connectivity index (χ0) is 13.0. The third-order valence-electron chi connectivity index (χ3n) is 2.54. The van der Waals surface area contributed by atoms with Crippen molar-refractivity contribution in [1.82, 2.24) is 0 Å². The molecule has 18 heavy (non-hydrogen) atoms. The Kier molecular flexibility index (Phi) is 4.05. The molecule has 0 spiro atoms. The van der Waals surface area contributed by atoms with E-state index in [9.17, 15) is 4.39 Å². The molecule has 2 N–H and O–H groups in total. The van der Waals surface area contributed by atoms with Gasteiger partial charge < -0.3 is 10.5 Å². The van der Waals surface area contributed by atoms with Crippen LogP contribution < -0.4 is 10.5 Å². The van der Waals surface area contributed by atoms with E-state index in [-0.39, 0.29) is 5.82 Å². The van der Waals surface area contributed by atoms with Crippen LogP contribution >= 0.6 is 11.6 Å². The highest BCUT2D eigenvalue weighted by Crippen LogP contribution is 2.20. The quantitative estimate of drug-likeness (QED) is 0.856. The second-order valence-electron chi connectivity index (χ2n) is 3.87. The van der Waals surface area contributed by atoms with Crippen molar-refractivity contribution < 1.29 is 9.13 Å². The van der Waals surface area contributed by atoms with Crippen molar-refractivity contribution in [1.29, 1.82) is 0 Å². The normalized spacial score (nSPS) is 10.3. The number of halogens is 2. The predicted octanol–water partition coefficient (Wildman–Crippen LogP) is 3.68. The zero-order valence-corrected chi connectivity index (χ0v) is 10.5. The molecular weight excluding hydrogens is 253 g/mol. The van der Waals surface area contributed by atoms with Crippen LogP contribution in [0.4, 0.5) is 10.1 Å². The van der Waals surface area contributed by atoms with Gasteiger partial charge in [-0.15, -0.1) is 0 Å². The highest BCUT2D eigenvalue weighted by atomic mass is 35.5. The van der Waals surface area contributed by atoms with Gasteiger partial charge in [0.1, 0.15) is 11.6 Å². The van der Waals surface area contributed by atoms with E-state index in [1.807, 2.05) is 0 Å². The van der Waals surface area contributed by atoms with Gasteiger partial charge in [-0.1, -0.05) is 23.7 Å². The average molecular weight is 266 g/mol. The van der Waals surface area contributed by atoms with Gasteiger partial charge in [0.15, 0.2) is 0 Å². The van der Waals surface area contributed by atoms with E-state index in [0.29, 0.717) is 35.1 Å². The molecule has 2 aromatic rings. The molecule has 0 fully saturated rings. The Bertz CT molecular complexity index is 525. The molecule has 0 radical (unpaired) electrons. The second-order valence-corrected chi connectivity index (χ2v) is 4.28. The van der Waals surface area contributed by atoms with Gasteiger partial charge in [-0.3, -0.25) is 0 Å². The maximum Gasteiger partial charge on any atom is 0.128 e. The maximum atomic E-state index is 13.5. The molecule has 0 aliphatic rings. The van der Waals surface area contributed by atoms with Gasteiger partial charge in [-0.25, -0.2) is 4.39 Å².